The SMILES string of the molecule is CCOc1ccccc1C(=O)CN1Cc2ccccc2C1. The molecule has 108 valence electrons. The van der Waals surface area contributed by atoms with Crippen LogP contribution < -0.4 is 4.74 Å². The monoisotopic (exact) mass is 281 g/mol. The molecule has 0 aliphatic carbocycles. The van der Waals surface area contributed by atoms with Crippen LogP contribution in [0, 0.1) is 0 Å². The normalized spacial score (nSPS) is 14.0. The second-order valence-corrected chi connectivity index (χ2v) is 5.27. The van der Waals surface area contributed by atoms with E-state index in [1.165, 1.54) is 11.1 Å². The quantitative estimate of drug-likeness (QED) is 0.788. The molecule has 0 saturated carbocycles. The average molecular weight is 281 g/mol. The van der Waals surface area contributed by atoms with Crippen LogP contribution in [-0.4, -0.2) is 23.8 Å². The molecule has 1 aliphatic rings. The van der Waals surface area contributed by atoms with Crippen molar-refractivity contribution in [1.29, 1.82) is 0 Å². The van der Waals surface area contributed by atoms with Gasteiger partial charge in [0.2, 0.25) is 0 Å². The number of ketones is 1. The molecule has 0 atom stereocenters. The molecular formula is C18H19NO2. The Morgan fingerprint density at radius 2 is 1.67 bits per heavy atom. The standard InChI is InChI=1S/C18H19NO2/c1-2-21-18-10-6-5-9-16(18)17(20)13-19-11-14-7-3-4-8-15(14)12-19/h3-10H,2,11-13H2,1H3. The molecule has 0 unspecified atom stereocenters. The lowest BCUT2D eigenvalue weighted by molar-refractivity contribution is 0.0926. The van der Waals surface area contributed by atoms with Gasteiger partial charge in [0.25, 0.3) is 0 Å². The summed E-state index contributed by atoms with van der Waals surface area (Å²) in [7, 11) is 0. The Kier molecular flexibility index (Phi) is 4.02. The number of Topliss-reactive ketones (excluding diaryl/α,β-unsaturated/α-hetero) is 1. The smallest absolute Gasteiger partial charge is 0.180 e. The molecule has 3 rings (SSSR count). The molecule has 3 heteroatoms. The maximum Gasteiger partial charge on any atom is 0.180 e. The number of rotatable bonds is 5. The van der Waals surface area contributed by atoms with E-state index in [0.29, 0.717) is 24.5 Å². The van der Waals surface area contributed by atoms with Gasteiger partial charge in [0.15, 0.2) is 5.78 Å². The molecule has 0 spiro atoms. The van der Waals surface area contributed by atoms with Crippen molar-refractivity contribution >= 4 is 5.78 Å². The summed E-state index contributed by atoms with van der Waals surface area (Å²) in [6, 6.07) is 15.8. The Labute approximate surface area is 125 Å². The molecule has 0 fully saturated rings. The lowest BCUT2D eigenvalue weighted by atomic mass is 10.1. The van der Waals surface area contributed by atoms with Crippen LogP contribution in [0.3, 0.4) is 0 Å². The van der Waals surface area contributed by atoms with Crippen molar-refractivity contribution in [2.24, 2.45) is 0 Å². The second kappa shape index (κ2) is 6.10. The molecule has 2 aromatic rings. The van der Waals surface area contributed by atoms with Gasteiger partial charge < -0.3 is 4.74 Å². The lowest BCUT2D eigenvalue weighted by Gasteiger charge is -2.15. The second-order valence-electron chi connectivity index (χ2n) is 5.27. The molecule has 2 aromatic carbocycles. The van der Waals surface area contributed by atoms with Crippen molar-refractivity contribution in [3.8, 4) is 5.75 Å². The van der Waals surface area contributed by atoms with Crippen LogP contribution in [-0.2, 0) is 13.1 Å². The first-order valence-electron chi connectivity index (χ1n) is 7.32. The van der Waals surface area contributed by atoms with Gasteiger partial charge in [-0.1, -0.05) is 36.4 Å². The van der Waals surface area contributed by atoms with E-state index in [2.05, 4.69) is 29.2 Å². The van der Waals surface area contributed by atoms with Crippen molar-refractivity contribution in [3.05, 3.63) is 65.2 Å². The fourth-order valence-electron chi connectivity index (χ4n) is 2.78. The summed E-state index contributed by atoms with van der Waals surface area (Å²) in [4.78, 5) is 14.7. The first-order chi connectivity index (χ1) is 10.3. The fraction of sp³-hybridized carbons (Fsp3) is 0.278. The van der Waals surface area contributed by atoms with Gasteiger partial charge in [-0.05, 0) is 30.2 Å². The van der Waals surface area contributed by atoms with E-state index in [1.54, 1.807) is 0 Å². The van der Waals surface area contributed by atoms with Crippen LogP contribution in [0.5, 0.6) is 5.75 Å². The van der Waals surface area contributed by atoms with Gasteiger partial charge in [0.1, 0.15) is 5.75 Å². The predicted molar refractivity (Wildman–Crippen MR) is 82.5 cm³/mol. The highest BCUT2D eigenvalue weighted by molar-refractivity contribution is 6.00. The lowest BCUT2D eigenvalue weighted by Crippen LogP contribution is -2.25. The number of ether oxygens (including phenoxy) is 1. The third kappa shape index (κ3) is 2.98. The van der Waals surface area contributed by atoms with E-state index in [4.69, 9.17) is 4.74 Å². The topological polar surface area (TPSA) is 29.5 Å². The number of para-hydroxylation sites is 1. The first-order valence-corrected chi connectivity index (χ1v) is 7.32. The number of hydrogen-bond donors (Lipinski definition) is 0. The van der Waals surface area contributed by atoms with Crippen LogP contribution in [0.4, 0.5) is 0 Å². The number of carbonyl (C=O) groups is 1. The Hall–Kier alpha value is -2.13. The van der Waals surface area contributed by atoms with Gasteiger partial charge in [0, 0.05) is 13.1 Å². The fourth-order valence-corrected chi connectivity index (χ4v) is 2.78. The van der Waals surface area contributed by atoms with E-state index in [-0.39, 0.29) is 5.78 Å². The van der Waals surface area contributed by atoms with Gasteiger partial charge in [-0.25, -0.2) is 0 Å². The largest absolute Gasteiger partial charge is 0.493 e. The highest BCUT2D eigenvalue weighted by Crippen LogP contribution is 2.24. The Balaban J connectivity index is 1.71. The van der Waals surface area contributed by atoms with Crippen LogP contribution in [0.2, 0.25) is 0 Å². The van der Waals surface area contributed by atoms with Gasteiger partial charge >= 0.3 is 0 Å². The number of nitrogens with zero attached hydrogens (tertiary/aromatic N) is 1. The minimum absolute atomic E-state index is 0.117. The summed E-state index contributed by atoms with van der Waals surface area (Å²) in [5.74, 6) is 0.800. The third-order valence-corrected chi connectivity index (χ3v) is 3.76. The highest BCUT2D eigenvalue weighted by Gasteiger charge is 2.22. The molecule has 1 heterocycles. The number of fused-ring (bicyclic) bond motifs is 1. The number of carbonyl (C=O) groups excluding carboxylic acids is 1. The molecule has 0 saturated heterocycles. The summed E-state index contributed by atoms with van der Waals surface area (Å²) < 4.78 is 5.55. The van der Waals surface area contributed by atoms with Crippen LogP contribution in [0.25, 0.3) is 0 Å². The van der Waals surface area contributed by atoms with E-state index < -0.39 is 0 Å². The summed E-state index contributed by atoms with van der Waals surface area (Å²) in [6.45, 7) is 4.62. The minimum atomic E-state index is 0.117. The zero-order chi connectivity index (χ0) is 14.7. The highest BCUT2D eigenvalue weighted by atomic mass is 16.5. The van der Waals surface area contributed by atoms with Crippen LogP contribution >= 0.6 is 0 Å². The summed E-state index contributed by atoms with van der Waals surface area (Å²) >= 11 is 0. The third-order valence-electron chi connectivity index (χ3n) is 3.76. The predicted octanol–water partition coefficient (Wildman–Crippen LogP) is 3.28. The summed E-state index contributed by atoms with van der Waals surface area (Å²) in [5, 5.41) is 0. The Bertz CT molecular complexity index is 626. The molecule has 0 aromatic heterocycles. The summed E-state index contributed by atoms with van der Waals surface area (Å²) in [5.41, 5.74) is 3.32. The maximum absolute atomic E-state index is 12.5. The van der Waals surface area contributed by atoms with Crippen molar-refractivity contribution in [2.75, 3.05) is 13.2 Å². The van der Waals surface area contributed by atoms with Gasteiger partial charge in [-0.3, -0.25) is 9.69 Å². The zero-order valence-electron chi connectivity index (χ0n) is 12.2. The Morgan fingerprint density at radius 3 is 2.33 bits per heavy atom. The van der Waals surface area contributed by atoms with Crippen LogP contribution in [0.15, 0.2) is 48.5 Å². The molecule has 0 amide bonds. The van der Waals surface area contributed by atoms with Gasteiger partial charge in [-0.2, -0.15) is 0 Å². The molecule has 0 N–H and O–H groups in total. The van der Waals surface area contributed by atoms with E-state index in [1.807, 2.05) is 31.2 Å². The number of hydrogen-bond acceptors (Lipinski definition) is 3. The van der Waals surface area contributed by atoms with E-state index in [9.17, 15) is 4.79 Å². The Morgan fingerprint density at radius 1 is 1.05 bits per heavy atom. The molecule has 0 radical (unpaired) electrons. The molecule has 21 heavy (non-hydrogen) atoms. The molecule has 3 nitrogen and oxygen atoms in total. The number of benzene rings is 2. The average Bonchev–Trinajstić information content (AvgIpc) is 2.90. The van der Waals surface area contributed by atoms with Gasteiger partial charge in [0.05, 0.1) is 18.7 Å². The van der Waals surface area contributed by atoms with E-state index in [0.717, 1.165) is 13.1 Å². The van der Waals surface area contributed by atoms with Gasteiger partial charge in [-0.15, -0.1) is 0 Å². The van der Waals surface area contributed by atoms with Crippen molar-refractivity contribution in [3.63, 3.8) is 0 Å². The van der Waals surface area contributed by atoms with Crippen molar-refractivity contribution in [1.82, 2.24) is 4.90 Å². The van der Waals surface area contributed by atoms with E-state index >= 15 is 0 Å². The van der Waals surface area contributed by atoms with Crippen molar-refractivity contribution < 1.29 is 9.53 Å². The first kappa shape index (κ1) is 13.8. The van der Waals surface area contributed by atoms with Crippen molar-refractivity contribution in [2.45, 2.75) is 20.0 Å². The minimum Gasteiger partial charge on any atom is -0.493 e. The zero-order valence-corrected chi connectivity index (χ0v) is 12.2. The molecular weight excluding hydrogens is 262 g/mol. The maximum atomic E-state index is 12.5. The molecule has 0 bridgehead atoms. The molecule has 1 aliphatic heterocycles. The summed E-state index contributed by atoms with van der Waals surface area (Å²) in [6.07, 6.45) is 0. The van der Waals surface area contributed by atoms with Crippen LogP contribution in [0.1, 0.15) is 28.4 Å².